The summed E-state index contributed by atoms with van der Waals surface area (Å²) in [5.41, 5.74) is 0.234. The van der Waals surface area contributed by atoms with Gasteiger partial charge in [0.25, 0.3) is 10.0 Å². The summed E-state index contributed by atoms with van der Waals surface area (Å²) in [4.78, 5) is 12.7. The SMILES string of the molecule is COc1ccc(N(CC(=O)NCCOc2ccc(Cl)cc2)S(=O)(=O)c2ccccc2)cc1Cl. The van der Waals surface area contributed by atoms with E-state index in [9.17, 15) is 13.2 Å². The van der Waals surface area contributed by atoms with E-state index in [1.54, 1.807) is 48.5 Å². The van der Waals surface area contributed by atoms with Gasteiger partial charge in [-0.15, -0.1) is 0 Å². The molecule has 0 saturated carbocycles. The van der Waals surface area contributed by atoms with Crippen LogP contribution >= 0.6 is 23.2 Å². The number of nitrogens with one attached hydrogen (secondary N) is 1. The van der Waals surface area contributed by atoms with Crippen LogP contribution in [0.3, 0.4) is 0 Å². The van der Waals surface area contributed by atoms with Gasteiger partial charge in [0.05, 0.1) is 29.3 Å². The number of hydrogen-bond donors (Lipinski definition) is 1. The molecule has 1 N–H and O–H groups in total. The topological polar surface area (TPSA) is 84.9 Å². The standard InChI is InChI=1S/C23H22Cl2N2O5S/c1-31-22-12-9-18(15-21(22)25)27(33(29,30)20-5-3-2-4-6-20)16-23(28)26-13-14-32-19-10-7-17(24)8-11-19/h2-12,15H,13-14,16H2,1H3,(H,26,28). The zero-order chi connectivity index (χ0) is 23.8. The number of methoxy groups -OCH3 is 1. The van der Waals surface area contributed by atoms with E-state index in [1.807, 2.05) is 0 Å². The van der Waals surface area contributed by atoms with Crippen LogP contribution in [-0.4, -0.2) is 41.1 Å². The van der Waals surface area contributed by atoms with Crippen LogP contribution in [-0.2, 0) is 14.8 Å². The summed E-state index contributed by atoms with van der Waals surface area (Å²) in [7, 11) is -2.58. The van der Waals surface area contributed by atoms with E-state index in [-0.39, 0.29) is 28.8 Å². The number of hydrogen-bond acceptors (Lipinski definition) is 5. The van der Waals surface area contributed by atoms with E-state index < -0.39 is 22.5 Å². The average molecular weight is 509 g/mol. The first kappa shape index (κ1) is 24.7. The lowest BCUT2D eigenvalue weighted by molar-refractivity contribution is -0.119. The van der Waals surface area contributed by atoms with Gasteiger partial charge >= 0.3 is 0 Å². The monoisotopic (exact) mass is 508 g/mol. The average Bonchev–Trinajstić information content (AvgIpc) is 2.82. The highest BCUT2D eigenvalue weighted by atomic mass is 35.5. The molecule has 10 heteroatoms. The lowest BCUT2D eigenvalue weighted by Gasteiger charge is -2.24. The summed E-state index contributed by atoms with van der Waals surface area (Å²) in [6.45, 7) is -0.0575. The van der Waals surface area contributed by atoms with Crippen LogP contribution in [0.25, 0.3) is 0 Å². The van der Waals surface area contributed by atoms with Crippen molar-refractivity contribution < 1.29 is 22.7 Å². The third-order valence-electron chi connectivity index (χ3n) is 4.55. The highest BCUT2D eigenvalue weighted by molar-refractivity contribution is 7.92. The summed E-state index contributed by atoms with van der Waals surface area (Å²) in [6, 6.07) is 19.2. The number of nitrogens with zero attached hydrogens (tertiary/aromatic N) is 1. The number of amides is 1. The zero-order valence-electron chi connectivity index (χ0n) is 17.7. The summed E-state index contributed by atoms with van der Waals surface area (Å²) in [6.07, 6.45) is 0. The minimum absolute atomic E-state index is 0.0517. The van der Waals surface area contributed by atoms with E-state index in [4.69, 9.17) is 32.7 Å². The fourth-order valence-electron chi connectivity index (χ4n) is 2.92. The molecule has 0 spiro atoms. The molecule has 0 fully saturated rings. The third kappa shape index (κ3) is 6.54. The molecule has 33 heavy (non-hydrogen) atoms. The van der Waals surface area contributed by atoms with Crippen LogP contribution in [0.5, 0.6) is 11.5 Å². The fourth-order valence-corrected chi connectivity index (χ4v) is 4.73. The smallest absolute Gasteiger partial charge is 0.264 e. The van der Waals surface area contributed by atoms with E-state index >= 15 is 0 Å². The molecular weight excluding hydrogens is 487 g/mol. The number of carbonyl (C=O) groups excluding carboxylic acids is 1. The number of rotatable bonds is 10. The Morgan fingerprint density at radius 3 is 2.33 bits per heavy atom. The maximum absolute atomic E-state index is 13.3. The molecule has 0 heterocycles. The summed E-state index contributed by atoms with van der Waals surface area (Å²) >= 11 is 12.0. The van der Waals surface area contributed by atoms with Crippen molar-refractivity contribution in [3.05, 3.63) is 82.8 Å². The molecule has 0 unspecified atom stereocenters. The molecule has 7 nitrogen and oxygen atoms in total. The normalized spacial score (nSPS) is 11.0. The number of benzene rings is 3. The Morgan fingerprint density at radius 2 is 1.70 bits per heavy atom. The van der Waals surface area contributed by atoms with E-state index in [2.05, 4.69) is 5.32 Å². The first-order chi connectivity index (χ1) is 15.8. The number of anilines is 1. The Balaban J connectivity index is 1.73. The Hall–Kier alpha value is -2.94. The van der Waals surface area contributed by atoms with Crippen LogP contribution in [0.15, 0.2) is 77.7 Å². The van der Waals surface area contributed by atoms with Crippen molar-refractivity contribution in [2.45, 2.75) is 4.90 Å². The van der Waals surface area contributed by atoms with Gasteiger partial charge in [0.15, 0.2) is 0 Å². The number of sulfonamides is 1. The Morgan fingerprint density at radius 1 is 1.00 bits per heavy atom. The van der Waals surface area contributed by atoms with Gasteiger partial charge in [-0.2, -0.15) is 0 Å². The largest absolute Gasteiger partial charge is 0.495 e. The predicted molar refractivity (Wildman–Crippen MR) is 129 cm³/mol. The van der Waals surface area contributed by atoms with Gasteiger partial charge in [0, 0.05) is 5.02 Å². The fraction of sp³-hybridized carbons (Fsp3) is 0.174. The van der Waals surface area contributed by atoms with Crippen molar-refractivity contribution in [1.29, 1.82) is 0 Å². The van der Waals surface area contributed by atoms with Crippen molar-refractivity contribution >= 4 is 44.8 Å². The highest BCUT2D eigenvalue weighted by Crippen LogP contribution is 2.31. The Bertz CT molecular complexity index is 1190. The molecule has 3 aromatic rings. The van der Waals surface area contributed by atoms with Gasteiger partial charge in [0.2, 0.25) is 5.91 Å². The highest BCUT2D eigenvalue weighted by Gasteiger charge is 2.27. The lowest BCUT2D eigenvalue weighted by Crippen LogP contribution is -2.41. The van der Waals surface area contributed by atoms with E-state index in [0.29, 0.717) is 16.5 Å². The molecule has 0 radical (unpaired) electrons. The first-order valence-electron chi connectivity index (χ1n) is 9.87. The second kappa shape index (κ2) is 11.3. The van der Waals surface area contributed by atoms with Gasteiger partial charge in [-0.3, -0.25) is 9.10 Å². The maximum atomic E-state index is 13.3. The van der Waals surface area contributed by atoms with Crippen LogP contribution in [0.2, 0.25) is 10.0 Å². The zero-order valence-corrected chi connectivity index (χ0v) is 20.0. The van der Waals surface area contributed by atoms with Crippen LogP contribution in [0.1, 0.15) is 0 Å². The Kier molecular flexibility index (Phi) is 8.43. The molecule has 0 aliphatic carbocycles. The van der Waals surface area contributed by atoms with Crippen LogP contribution in [0.4, 0.5) is 5.69 Å². The second-order valence-corrected chi connectivity index (χ2v) is 9.50. The maximum Gasteiger partial charge on any atom is 0.264 e. The van der Waals surface area contributed by atoms with Gasteiger partial charge in [-0.25, -0.2) is 8.42 Å². The lowest BCUT2D eigenvalue weighted by atomic mass is 10.3. The summed E-state index contributed by atoms with van der Waals surface area (Å²) < 4.78 is 38.3. The molecule has 3 rings (SSSR count). The predicted octanol–water partition coefficient (Wildman–Crippen LogP) is 4.39. The number of ether oxygens (including phenoxy) is 2. The van der Waals surface area contributed by atoms with Gasteiger partial charge in [-0.05, 0) is 54.6 Å². The van der Waals surface area contributed by atoms with Crippen molar-refractivity contribution in [3.8, 4) is 11.5 Å². The van der Waals surface area contributed by atoms with Crippen LogP contribution < -0.4 is 19.1 Å². The minimum atomic E-state index is -4.03. The molecule has 174 valence electrons. The molecule has 0 aliphatic heterocycles. The molecular formula is C23H22Cl2N2O5S. The Labute approximate surface area is 202 Å². The number of carbonyl (C=O) groups is 1. The first-order valence-corrected chi connectivity index (χ1v) is 12.1. The second-order valence-electron chi connectivity index (χ2n) is 6.80. The van der Waals surface area contributed by atoms with Crippen molar-refractivity contribution in [3.63, 3.8) is 0 Å². The molecule has 0 atom stereocenters. The van der Waals surface area contributed by atoms with E-state index in [0.717, 1.165) is 4.31 Å². The van der Waals surface area contributed by atoms with Crippen molar-refractivity contribution in [2.75, 3.05) is 31.1 Å². The molecule has 1 amide bonds. The van der Waals surface area contributed by atoms with Gasteiger partial charge in [0.1, 0.15) is 24.7 Å². The molecule has 3 aromatic carbocycles. The van der Waals surface area contributed by atoms with E-state index in [1.165, 1.54) is 31.4 Å². The van der Waals surface area contributed by atoms with Crippen molar-refractivity contribution in [2.24, 2.45) is 0 Å². The summed E-state index contributed by atoms with van der Waals surface area (Å²) in [5, 5.41) is 3.49. The minimum Gasteiger partial charge on any atom is -0.495 e. The third-order valence-corrected chi connectivity index (χ3v) is 6.88. The number of halogens is 2. The van der Waals surface area contributed by atoms with Crippen molar-refractivity contribution in [1.82, 2.24) is 5.32 Å². The molecule has 0 aromatic heterocycles. The molecule has 0 aliphatic rings. The quantitative estimate of drug-likeness (QED) is 0.410. The summed E-state index contributed by atoms with van der Waals surface area (Å²) in [5.74, 6) is 0.497. The molecule has 0 bridgehead atoms. The van der Waals surface area contributed by atoms with Crippen LogP contribution in [0, 0.1) is 0 Å². The van der Waals surface area contributed by atoms with Gasteiger partial charge < -0.3 is 14.8 Å². The molecule has 0 saturated heterocycles. The van der Waals surface area contributed by atoms with Gasteiger partial charge in [-0.1, -0.05) is 41.4 Å².